The van der Waals surface area contributed by atoms with Gasteiger partial charge >= 0.3 is 0 Å². The first kappa shape index (κ1) is 22.0. The van der Waals surface area contributed by atoms with E-state index in [9.17, 15) is 14.4 Å². The molecular formula is C26H29FN4OS. The highest BCUT2D eigenvalue weighted by atomic mass is 32.2. The van der Waals surface area contributed by atoms with Gasteiger partial charge in [0.25, 0.3) is 0 Å². The van der Waals surface area contributed by atoms with Gasteiger partial charge in [-0.3, -0.25) is 4.79 Å². The molecule has 2 aromatic carbocycles. The number of amides is 1. The lowest BCUT2D eigenvalue weighted by Gasteiger charge is -2.23. The van der Waals surface area contributed by atoms with Crippen molar-refractivity contribution in [3.63, 3.8) is 0 Å². The number of benzene rings is 2. The van der Waals surface area contributed by atoms with Gasteiger partial charge in [-0.15, -0.1) is 9.39 Å². The van der Waals surface area contributed by atoms with E-state index in [0.717, 1.165) is 29.2 Å². The minimum Gasteiger partial charge on any atom is -0.342 e. The third kappa shape index (κ3) is 4.50. The minimum atomic E-state index is -1.42. The Bertz CT molecular complexity index is 1250. The molecule has 1 heterocycles. The minimum absolute atomic E-state index is 0.132. The summed E-state index contributed by atoms with van der Waals surface area (Å²) in [6, 6.07) is 14.3. The Morgan fingerprint density at radius 1 is 1.21 bits per heavy atom. The van der Waals surface area contributed by atoms with Crippen LogP contribution in [0.15, 0.2) is 42.5 Å². The van der Waals surface area contributed by atoms with E-state index in [2.05, 4.69) is 33.2 Å². The van der Waals surface area contributed by atoms with Gasteiger partial charge in [0.1, 0.15) is 11.9 Å². The van der Waals surface area contributed by atoms with Crippen LogP contribution in [0.2, 0.25) is 0 Å². The summed E-state index contributed by atoms with van der Waals surface area (Å²) in [5.41, 5.74) is 2.92. The lowest BCUT2D eigenvalue weighted by molar-refractivity contribution is -0.124. The molecule has 3 fully saturated rings. The highest BCUT2D eigenvalue weighted by Crippen LogP contribution is 2.59. The summed E-state index contributed by atoms with van der Waals surface area (Å²) < 4.78 is 18.2. The number of halogens is 1. The zero-order chi connectivity index (χ0) is 23.3. The third-order valence-corrected chi connectivity index (χ3v) is 7.83. The van der Waals surface area contributed by atoms with Crippen molar-refractivity contribution in [2.75, 3.05) is 11.0 Å². The van der Waals surface area contributed by atoms with Crippen LogP contribution in [-0.2, 0) is 11.2 Å². The Morgan fingerprint density at radius 2 is 2.00 bits per heavy atom. The van der Waals surface area contributed by atoms with Crippen molar-refractivity contribution in [2.45, 2.75) is 37.4 Å². The number of hydrogen-bond acceptors (Lipinski definition) is 4. The lowest BCUT2D eigenvalue weighted by Crippen LogP contribution is -2.51. The second kappa shape index (κ2) is 8.19. The van der Waals surface area contributed by atoms with Gasteiger partial charge in [-0.25, -0.2) is 4.39 Å². The van der Waals surface area contributed by atoms with Crippen molar-refractivity contribution >= 4 is 32.7 Å². The van der Waals surface area contributed by atoms with E-state index in [1.54, 1.807) is 6.07 Å². The molecule has 1 aliphatic heterocycles. The normalized spacial score (nSPS) is 28.0. The van der Waals surface area contributed by atoms with Crippen LogP contribution in [0.25, 0.3) is 11.1 Å². The summed E-state index contributed by atoms with van der Waals surface area (Å²) in [5, 5.41) is 15.9. The van der Waals surface area contributed by atoms with Gasteiger partial charge in [-0.1, -0.05) is 36.0 Å². The highest BCUT2D eigenvalue weighted by molar-refractivity contribution is 8.28. The maximum atomic E-state index is 15.0. The number of piperidine rings is 1. The number of carbonyl (C=O) groups is 1. The number of rotatable bonds is 7. The molecule has 1 amide bonds. The number of anilines is 1. The van der Waals surface area contributed by atoms with Crippen molar-refractivity contribution in [3.05, 3.63) is 53.8 Å². The van der Waals surface area contributed by atoms with Gasteiger partial charge in [-0.05, 0) is 71.7 Å². The van der Waals surface area contributed by atoms with Gasteiger partial charge < -0.3 is 15.4 Å². The molecule has 33 heavy (non-hydrogen) atoms. The zero-order valence-electron chi connectivity index (χ0n) is 18.7. The third-order valence-electron chi connectivity index (χ3n) is 7.10. The maximum absolute atomic E-state index is 15.0. The monoisotopic (exact) mass is 464 g/mol. The predicted molar refractivity (Wildman–Crippen MR) is 135 cm³/mol. The van der Waals surface area contributed by atoms with Gasteiger partial charge in [0, 0.05) is 18.2 Å². The molecular weight excluding hydrogens is 435 g/mol. The number of hydrogen-bond donors (Lipinski definition) is 3. The highest BCUT2D eigenvalue weighted by Gasteiger charge is 2.62. The molecule has 0 unspecified atom stereocenters. The topological polar surface area (TPSA) is 77.0 Å². The van der Waals surface area contributed by atoms with E-state index in [4.69, 9.17) is 0 Å². The molecule has 172 valence electrons. The molecule has 3 aliphatic rings. The Morgan fingerprint density at radius 3 is 2.67 bits per heavy atom. The standard InChI is InChI=1S/C26H29FN4OS/c1-33(2,3)31-18-6-4-5-15(9-18)16-7-8-17(23(27)11-16)10-19(14-28)29-26(32)25-22-13-24(30-25)21-12-20(21)22/h4-9,11,19-22,24-25,30-31H,1-2,10,12-13H2,3H3,(H,29,32)/t19-,20+,21-,22+,24-,25-/m0/s1. The first-order chi connectivity index (χ1) is 15.7. The van der Waals surface area contributed by atoms with Gasteiger partial charge in [0.05, 0.1) is 12.1 Å². The average Bonchev–Trinajstić information content (AvgIpc) is 3.36. The van der Waals surface area contributed by atoms with E-state index in [1.165, 1.54) is 12.5 Å². The van der Waals surface area contributed by atoms with Crippen LogP contribution in [0.4, 0.5) is 10.1 Å². The largest absolute Gasteiger partial charge is 0.342 e. The molecule has 0 aromatic heterocycles. The molecule has 3 N–H and O–H groups in total. The smallest absolute Gasteiger partial charge is 0.238 e. The number of fused-ring (bicyclic) bond motifs is 5. The molecule has 2 aliphatic carbocycles. The first-order valence-corrected chi connectivity index (χ1v) is 13.7. The molecule has 6 atom stereocenters. The fraction of sp³-hybridized carbons (Fsp3) is 0.385. The summed E-state index contributed by atoms with van der Waals surface area (Å²) in [4.78, 5) is 12.8. The summed E-state index contributed by atoms with van der Waals surface area (Å²) in [5.74, 6) is 9.35. The molecule has 0 spiro atoms. The van der Waals surface area contributed by atoms with Crippen molar-refractivity contribution in [1.29, 1.82) is 5.26 Å². The summed E-state index contributed by atoms with van der Waals surface area (Å²) >= 11 is 0. The maximum Gasteiger partial charge on any atom is 0.238 e. The fourth-order valence-corrected chi connectivity index (χ4v) is 6.28. The Balaban J connectivity index is 1.26. The fourth-order valence-electron chi connectivity index (χ4n) is 5.58. The van der Waals surface area contributed by atoms with Crippen molar-refractivity contribution in [2.24, 2.45) is 17.8 Å². The van der Waals surface area contributed by atoms with E-state index in [0.29, 0.717) is 23.4 Å². The quantitative estimate of drug-likeness (QED) is 0.547. The van der Waals surface area contributed by atoms with Gasteiger partial charge in [-0.2, -0.15) is 5.26 Å². The van der Waals surface area contributed by atoms with E-state index in [1.807, 2.05) is 36.6 Å². The van der Waals surface area contributed by atoms with Crippen LogP contribution in [0.3, 0.4) is 0 Å². The van der Waals surface area contributed by atoms with Crippen molar-refractivity contribution in [3.8, 4) is 17.2 Å². The molecule has 1 saturated heterocycles. The Kier molecular flexibility index (Phi) is 5.46. The number of nitrogens with zero attached hydrogens (tertiary/aromatic N) is 1. The van der Waals surface area contributed by atoms with Crippen LogP contribution >= 0.6 is 9.39 Å². The van der Waals surface area contributed by atoms with Crippen molar-refractivity contribution < 1.29 is 9.18 Å². The molecule has 2 aromatic rings. The van der Waals surface area contributed by atoms with E-state index < -0.39 is 15.4 Å². The number of carbonyl (C=O) groups excluding carboxylic acids is 1. The van der Waals surface area contributed by atoms with E-state index >= 15 is 0 Å². The molecule has 0 radical (unpaired) electrons. The average molecular weight is 465 g/mol. The Labute approximate surface area is 195 Å². The van der Waals surface area contributed by atoms with Gasteiger partial charge in [0.2, 0.25) is 5.91 Å². The van der Waals surface area contributed by atoms with E-state index in [-0.39, 0.29) is 24.2 Å². The van der Waals surface area contributed by atoms with Gasteiger partial charge in [0.15, 0.2) is 0 Å². The second-order valence-electron chi connectivity index (χ2n) is 9.87. The lowest BCUT2D eigenvalue weighted by atomic mass is 9.96. The molecule has 7 heteroatoms. The number of nitrogens with one attached hydrogen (secondary N) is 3. The second-order valence-corrected chi connectivity index (χ2v) is 12.6. The van der Waals surface area contributed by atoms with Crippen LogP contribution in [0.1, 0.15) is 18.4 Å². The van der Waals surface area contributed by atoms with Crippen LogP contribution in [0, 0.1) is 34.9 Å². The van der Waals surface area contributed by atoms with Crippen LogP contribution in [-0.4, -0.2) is 42.0 Å². The molecule has 2 saturated carbocycles. The zero-order valence-corrected chi connectivity index (χ0v) is 19.5. The Hall–Kier alpha value is -2.82. The predicted octanol–water partition coefficient (Wildman–Crippen LogP) is 3.67. The van der Waals surface area contributed by atoms with Crippen molar-refractivity contribution in [1.82, 2.24) is 10.6 Å². The molecule has 5 nitrogen and oxygen atoms in total. The van der Waals surface area contributed by atoms with Crippen LogP contribution in [0.5, 0.6) is 0 Å². The summed E-state index contributed by atoms with van der Waals surface area (Å²) in [6.07, 6.45) is 4.36. The SMILES string of the molecule is C=S(=C)(C)Nc1cccc(-c2ccc(C[C@@H](C#N)NC(=O)[C@H]3N[C@H]4C[C@@H]3[C@@H]3C[C@@H]34)c(F)c2)c1. The summed E-state index contributed by atoms with van der Waals surface area (Å²) in [7, 11) is -1.42. The molecule has 2 bridgehead atoms. The molecule has 5 rings (SSSR count). The summed E-state index contributed by atoms with van der Waals surface area (Å²) in [6.45, 7) is 0. The van der Waals surface area contributed by atoms with Crippen LogP contribution < -0.4 is 15.4 Å². The first-order valence-electron chi connectivity index (χ1n) is 11.3. The number of nitriles is 1.